The lowest BCUT2D eigenvalue weighted by Crippen LogP contribution is -2.44. The Bertz CT molecular complexity index is 933. The lowest BCUT2D eigenvalue weighted by molar-refractivity contribution is -0.152. The lowest BCUT2D eigenvalue weighted by Gasteiger charge is -2.37. The molecule has 144 valence electrons. The van der Waals surface area contributed by atoms with Gasteiger partial charge in [-0.3, -0.25) is 14.4 Å². The highest BCUT2D eigenvalue weighted by molar-refractivity contribution is 7.08. The van der Waals surface area contributed by atoms with Crippen LogP contribution in [0.25, 0.3) is 0 Å². The predicted octanol–water partition coefficient (Wildman–Crippen LogP) is 3.54. The molecule has 4 rings (SSSR count). The van der Waals surface area contributed by atoms with E-state index in [4.69, 9.17) is 4.74 Å². The number of ketones is 1. The van der Waals surface area contributed by atoms with Crippen LogP contribution in [0, 0.1) is 5.92 Å². The molecule has 5 nitrogen and oxygen atoms in total. The maximum atomic E-state index is 13.6. The van der Waals surface area contributed by atoms with Crippen molar-refractivity contribution in [2.45, 2.75) is 31.6 Å². The normalized spacial score (nSPS) is 24.5. The molecule has 0 fully saturated rings. The number of allylic oxidation sites excluding steroid dienone is 2. The summed E-state index contributed by atoms with van der Waals surface area (Å²) in [5, 5.41) is 6.80. The fraction of sp³-hybridized carbons (Fsp3) is 0.318. The Morgan fingerprint density at radius 2 is 1.93 bits per heavy atom. The first-order valence-corrected chi connectivity index (χ1v) is 10.3. The second-order valence-electron chi connectivity index (χ2n) is 7.07. The van der Waals surface area contributed by atoms with E-state index in [0.717, 1.165) is 11.1 Å². The van der Waals surface area contributed by atoms with Gasteiger partial charge in [-0.1, -0.05) is 30.3 Å². The fourth-order valence-corrected chi connectivity index (χ4v) is 4.94. The van der Waals surface area contributed by atoms with Crippen LogP contribution in [0.3, 0.4) is 0 Å². The van der Waals surface area contributed by atoms with Gasteiger partial charge in [-0.05, 0) is 41.3 Å². The zero-order valence-corrected chi connectivity index (χ0v) is 16.3. The van der Waals surface area contributed by atoms with Crippen LogP contribution in [0.5, 0.6) is 0 Å². The van der Waals surface area contributed by atoms with Crippen molar-refractivity contribution < 1.29 is 19.1 Å². The van der Waals surface area contributed by atoms with Crippen LogP contribution >= 0.6 is 11.3 Å². The number of hydrogen-bond donors (Lipinski definition) is 1. The highest BCUT2D eigenvalue weighted by Crippen LogP contribution is 2.45. The number of carbonyl (C=O) groups is 3. The van der Waals surface area contributed by atoms with Gasteiger partial charge in [0.15, 0.2) is 5.78 Å². The van der Waals surface area contributed by atoms with Gasteiger partial charge in [0.1, 0.15) is 5.92 Å². The van der Waals surface area contributed by atoms with Crippen molar-refractivity contribution in [2.24, 2.45) is 5.92 Å². The largest absolute Gasteiger partial charge is 0.465 e. The molecule has 0 bridgehead atoms. The Morgan fingerprint density at radius 1 is 1.14 bits per heavy atom. The van der Waals surface area contributed by atoms with Gasteiger partial charge in [-0.2, -0.15) is 11.3 Å². The van der Waals surface area contributed by atoms with Crippen molar-refractivity contribution in [3.63, 3.8) is 0 Å². The SMILES string of the molecule is CCOC(=O)[C@@H]1C(=O)C2=C(C[C@@H]1c1ccccc1)NC(=O)C[C@H]2c1ccsc1. The maximum absolute atomic E-state index is 13.6. The molecule has 0 unspecified atom stereocenters. The summed E-state index contributed by atoms with van der Waals surface area (Å²) in [4.78, 5) is 38.7. The molecule has 1 aliphatic heterocycles. The van der Waals surface area contributed by atoms with E-state index in [-0.39, 0.29) is 36.6 Å². The minimum Gasteiger partial charge on any atom is -0.465 e. The van der Waals surface area contributed by atoms with E-state index in [9.17, 15) is 14.4 Å². The number of rotatable bonds is 4. The van der Waals surface area contributed by atoms with Crippen LogP contribution in [0.4, 0.5) is 0 Å². The average Bonchev–Trinajstić information content (AvgIpc) is 3.22. The van der Waals surface area contributed by atoms with Crippen molar-refractivity contribution in [3.05, 3.63) is 69.6 Å². The molecular formula is C22H21NO4S. The van der Waals surface area contributed by atoms with Crippen molar-refractivity contribution in [3.8, 4) is 0 Å². The molecule has 6 heteroatoms. The van der Waals surface area contributed by atoms with E-state index in [0.29, 0.717) is 17.7 Å². The van der Waals surface area contributed by atoms with Gasteiger partial charge in [-0.15, -0.1) is 0 Å². The van der Waals surface area contributed by atoms with Crippen LogP contribution in [0.1, 0.15) is 42.7 Å². The van der Waals surface area contributed by atoms with Crippen molar-refractivity contribution in [1.29, 1.82) is 0 Å². The molecule has 2 aromatic rings. The zero-order valence-electron chi connectivity index (χ0n) is 15.5. The molecule has 2 heterocycles. The number of ether oxygens (including phenoxy) is 1. The minimum absolute atomic E-state index is 0.0934. The summed E-state index contributed by atoms with van der Waals surface area (Å²) in [5.74, 6) is -2.37. The molecule has 2 aliphatic rings. The summed E-state index contributed by atoms with van der Waals surface area (Å²) in [6.45, 7) is 1.96. The second kappa shape index (κ2) is 7.72. The first-order valence-electron chi connectivity index (χ1n) is 9.41. The zero-order chi connectivity index (χ0) is 19.7. The van der Waals surface area contributed by atoms with E-state index in [2.05, 4.69) is 5.32 Å². The molecule has 1 aromatic carbocycles. The molecule has 0 saturated heterocycles. The summed E-state index contributed by atoms with van der Waals surface area (Å²) < 4.78 is 5.26. The predicted molar refractivity (Wildman–Crippen MR) is 106 cm³/mol. The van der Waals surface area contributed by atoms with E-state index < -0.39 is 11.9 Å². The van der Waals surface area contributed by atoms with Gasteiger partial charge < -0.3 is 10.1 Å². The summed E-state index contributed by atoms with van der Waals surface area (Å²) in [6, 6.07) is 11.4. The van der Waals surface area contributed by atoms with Crippen molar-refractivity contribution >= 4 is 29.0 Å². The third-order valence-electron chi connectivity index (χ3n) is 5.44. The molecule has 0 saturated carbocycles. The lowest BCUT2D eigenvalue weighted by atomic mass is 9.68. The van der Waals surface area contributed by atoms with Crippen LogP contribution in [0.15, 0.2) is 58.4 Å². The average molecular weight is 395 g/mol. The number of esters is 1. The number of hydrogen-bond acceptors (Lipinski definition) is 5. The monoisotopic (exact) mass is 395 g/mol. The van der Waals surface area contributed by atoms with E-state index in [1.165, 1.54) is 11.3 Å². The molecule has 0 radical (unpaired) electrons. The van der Waals surface area contributed by atoms with Crippen molar-refractivity contribution in [1.82, 2.24) is 5.32 Å². The highest BCUT2D eigenvalue weighted by Gasteiger charge is 2.47. The van der Waals surface area contributed by atoms with Crippen molar-refractivity contribution in [2.75, 3.05) is 6.61 Å². The van der Waals surface area contributed by atoms with Crippen LogP contribution in [-0.4, -0.2) is 24.3 Å². The molecular weight excluding hydrogens is 374 g/mol. The fourth-order valence-electron chi connectivity index (χ4n) is 4.23. The van der Waals surface area contributed by atoms with E-state index in [1.807, 2.05) is 47.2 Å². The Morgan fingerprint density at radius 3 is 2.61 bits per heavy atom. The molecule has 1 aromatic heterocycles. The van der Waals surface area contributed by atoms with E-state index >= 15 is 0 Å². The molecule has 0 spiro atoms. The maximum Gasteiger partial charge on any atom is 0.317 e. The van der Waals surface area contributed by atoms with E-state index in [1.54, 1.807) is 6.92 Å². The summed E-state index contributed by atoms with van der Waals surface area (Å²) >= 11 is 1.53. The first kappa shape index (κ1) is 18.6. The van der Waals surface area contributed by atoms with Crippen LogP contribution in [-0.2, 0) is 19.1 Å². The third kappa shape index (κ3) is 3.29. The van der Waals surface area contributed by atoms with Gasteiger partial charge in [-0.25, -0.2) is 0 Å². The Kier molecular flexibility index (Phi) is 5.13. The smallest absolute Gasteiger partial charge is 0.317 e. The number of nitrogens with one attached hydrogen (secondary N) is 1. The van der Waals surface area contributed by atoms with Crippen LogP contribution < -0.4 is 5.32 Å². The number of Topliss-reactive ketones (excluding diaryl/α,β-unsaturated/α-hetero) is 1. The topological polar surface area (TPSA) is 72.5 Å². The third-order valence-corrected chi connectivity index (χ3v) is 6.14. The summed E-state index contributed by atoms with van der Waals surface area (Å²) in [5.41, 5.74) is 3.05. The molecule has 1 amide bonds. The second-order valence-corrected chi connectivity index (χ2v) is 7.85. The standard InChI is InChI=1S/C22H21NO4S/c1-2-27-22(26)20-15(13-6-4-3-5-7-13)10-17-19(21(20)25)16(11-18(24)23-17)14-8-9-28-12-14/h3-9,12,15-16,20H,2,10-11H2,1H3,(H,23,24)/t15-,16+,20+/m1/s1. The Labute approximate surface area is 167 Å². The molecule has 3 atom stereocenters. The Hall–Kier alpha value is -2.73. The highest BCUT2D eigenvalue weighted by atomic mass is 32.1. The van der Waals surface area contributed by atoms with Crippen LogP contribution in [0.2, 0.25) is 0 Å². The number of thiophene rings is 1. The first-order chi connectivity index (χ1) is 13.6. The summed E-state index contributed by atoms with van der Waals surface area (Å²) in [7, 11) is 0. The van der Waals surface area contributed by atoms with Gasteiger partial charge in [0.05, 0.1) is 6.61 Å². The minimum atomic E-state index is -0.891. The summed E-state index contributed by atoms with van der Waals surface area (Å²) in [6.07, 6.45) is 0.647. The Balaban J connectivity index is 1.81. The number of benzene rings is 1. The number of carbonyl (C=O) groups excluding carboxylic acids is 3. The van der Waals surface area contributed by atoms with Gasteiger partial charge >= 0.3 is 5.97 Å². The van der Waals surface area contributed by atoms with Gasteiger partial charge in [0, 0.05) is 29.5 Å². The molecule has 1 N–H and O–H groups in total. The number of amides is 1. The molecule has 28 heavy (non-hydrogen) atoms. The quantitative estimate of drug-likeness (QED) is 0.635. The van der Waals surface area contributed by atoms with Gasteiger partial charge in [0.25, 0.3) is 0 Å². The molecule has 1 aliphatic carbocycles. The van der Waals surface area contributed by atoms with Gasteiger partial charge in [0.2, 0.25) is 5.91 Å².